The molecule has 0 nitrogen and oxygen atoms in total. The van der Waals surface area contributed by atoms with Crippen LogP contribution in [-0.2, 0) is 0 Å². The molecular formula is C32H20. The van der Waals surface area contributed by atoms with Gasteiger partial charge in [0.1, 0.15) is 0 Å². The zero-order valence-electron chi connectivity index (χ0n) is 17.5. The Hall–Kier alpha value is -3.64. The van der Waals surface area contributed by atoms with Crippen LogP contribution in [0.4, 0.5) is 0 Å². The number of hydrogen-bond donors (Lipinski definition) is 0. The predicted molar refractivity (Wildman–Crippen MR) is 134 cm³/mol. The van der Waals surface area contributed by atoms with Gasteiger partial charge in [0, 0.05) is 0 Å². The molecule has 0 N–H and O–H groups in total. The van der Waals surface area contributed by atoms with E-state index in [-0.39, 0.29) is 0 Å². The average molecular weight is 405 g/mol. The third-order valence-corrected chi connectivity index (χ3v) is 8.88. The monoisotopic (exact) mass is 404 g/mol. The Morgan fingerprint density at radius 3 is 1.25 bits per heavy atom. The molecule has 0 bridgehead atoms. The van der Waals surface area contributed by atoms with Crippen molar-refractivity contribution < 1.29 is 0 Å². The molecule has 0 atom stereocenters. The fourth-order valence-electron chi connectivity index (χ4n) is 7.83. The van der Waals surface area contributed by atoms with Crippen molar-refractivity contribution >= 4 is 43.1 Å². The lowest BCUT2D eigenvalue weighted by molar-refractivity contribution is 0.253. The van der Waals surface area contributed by atoms with Crippen LogP contribution in [0.2, 0.25) is 0 Å². The lowest BCUT2D eigenvalue weighted by Crippen LogP contribution is -2.34. The van der Waals surface area contributed by atoms with Crippen molar-refractivity contribution in [3.8, 4) is 0 Å². The van der Waals surface area contributed by atoms with E-state index in [1.165, 1.54) is 32.3 Å². The largest absolute Gasteiger partial charge is 0.0616 e. The lowest BCUT2D eigenvalue weighted by atomic mass is 9.55. The van der Waals surface area contributed by atoms with Crippen LogP contribution in [0.3, 0.4) is 0 Å². The summed E-state index contributed by atoms with van der Waals surface area (Å²) >= 11 is 0. The molecule has 3 aliphatic rings. The van der Waals surface area contributed by atoms with E-state index < -0.39 is 0 Å². The molecule has 0 heterocycles. The molecule has 0 aliphatic heterocycles. The van der Waals surface area contributed by atoms with Crippen molar-refractivity contribution in [2.75, 3.05) is 0 Å². The van der Waals surface area contributed by atoms with Crippen LogP contribution in [0, 0.1) is 0 Å². The van der Waals surface area contributed by atoms with Crippen LogP contribution in [-0.4, -0.2) is 0 Å². The minimum Gasteiger partial charge on any atom is -0.0616 e. The van der Waals surface area contributed by atoms with Gasteiger partial charge < -0.3 is 0 Å². The normalized spacial score (nSPS) is 24.2. The van der Waals surface area contributed by atoms with E-state index in [4.69, 9.17) is 0 Å². The second-order valence-corrected chi connectivity index (χ2v) is 10.0. The van der Waals surface area contributed by atoms with Crippen molar-refractivity contribution in [2.45, 2.75) is 23.7 Å². The highest BCUT2D eigenvalue weighted by Gasteiger charge is 2.59. The fourth-order valence-corrected chi connectivity index (χ4v) is 7.83. The summed E-state index contributed by atoms with van der Waals surface area (Å²) in [5.74, 6) is 2.41. The average Bonchev–Trinajstić information content (AvgIpc) is 3.24. The SMILES string of the molecule is c1ccc2c(c1)cc1c3c(cccc32)C2C1C1c3cccc4c3c(cc3ccccc34)C21. The summed E-state index contributed by atoms with van der Waals surface area (Å²) in [6.07, 6.45) is 0. The van der Waals surface area contributed by atoms with Gasteiger partial charge in [0.15, 0.2) is 0 Å². The summed E-state index contributed by atoms with van der Waals surface area (Å²) in [6.45, 7) is 0. The molecule has 3 aliphatic carbocycles. The van der Waals surface area contributed by atoms with Crippen LogP contribution in [0.1, 0.15) is 45.9 Å². The van der Waals surface area contributed by atoms with Crippen LogP contribution in [0.25, 0.3) is 43.1 Å². The topological polar surface area (TPSA) is 0 Å². The van der Waals surface area contributed by atoms with E-state index in [0.717, 1.165) is 0 Å². The Bertz CT molecular complexity index is 1660. The Balaban J connectivity index is 1.39. The Morgan fingerprint density at radius 1 is 0.344 bits per heavy atom. The number of fused-ring (bicyclic) bond motifs is 12. The van der Waals surface area contributed by atoms with Gasteiger partial charge in [0.2, 0.25) is 0 Å². The third-order valence-electron chi connectivity index (χ3n) is 8.88. The summed E-state index contributed by atoms with van der Waals surface area (Å²) in [6, 6.07) is 37.0. The van der Waals surface area contributed by atoms with Gasteiger partial charge in [-0.05, 0) is 89.0 Å². The second-order valence-electron chi connectivity index (χ2n) is 10.0. The summed E-state index contributed by atoms with van der Waals surface area (Å²) in [5, 5.41) is 11.5. The molecule has 6 aromatic rings. The summed E-state index contributed by atoms with van der Waals surface area (Å²) in [5.41, 5.74) is 6.36. The first-order valence-corrected chi connectivity index (χ1v) is 11.8. The molecule has 1 fully saturated rings. The fraction of sp³-hybridized carbons (Fsp3) is 0.125. The molecule has 0 amide bonds. The van der Waals surface area contributed by atoms with Crippen molar-refractivity contribution in [3.63, 3.8) is 0 Å². The molecule has 6 aromatic carbocycles. The molecule has 0 aromatic heterocycles. The highest BCUT2D eigenvalue weighted by Crippen LogP contribution is 2.75. The van der Waals surface area contributed by atoms with E-state index in [1.54, 1.807) is 33.0 Å². The van der Waals surface area contributed by atoms with Gasteiger partial charge in [-0.1, -0.05) is 97.1 Å². The maximum absolute atomic E-state index is 2.52. The zero-order valence-corrected chi connectivity index (χ0v) is 17.5. The van der Waals surface area contributed by atoms with Gasteiger partial charge in [-0.3, -0.25) is 0 Å². The van der Waals surface area contributed by atoms with Crippen molar-refractivity contribution in [3.05, 3.63) is 119 Å². The Morgan fingerprint density at radius 2 is 0.750 bits per heavy atom. The van der Waals surface area contributed by atoms with Gasteiger partial charge in [-0.15, -0.1) is 0 Å². The standard InChI is InChI=1S/C32H20/c1-3-9-19-17(7-1)15-25-27-21(19)11-5-13-23(27)29-31(25)30-24-14-6-12-22-20-10-4-2-8-18(20)16-26(28(22)24)32(29)30/h1-16,29-32H. The molecule has 0 spiro atoms. The first-order valence-electron chi connectivity index (χ1n) is 11.8. The molecular weight excluding hydrogens is 384 g/mol. The number of hydrogen-bond acceptors (Lipinski definition) is 0. The highest BCUT2D eigenvalue weighted by molar-refractivity contribution is 6.14. The Labute approximate surface area is 186 Å². The van der Waals surface area contributed by atoms with E-state index >= 15 is 0 Å². The molecule has 0 saturated heterocycles. The first-order chi connectivity index (χ1) is 15.9. The second kappa shape index (κ2) is 5.22. The number of benzene rings is 6. The quantitative estimate of drug-likeness (QED) is 0.223. The van der Waals surface area contributed by atoms with E-state index in [1.807, 2.05) is 0 Å². The van der Waals surface area contributed by atoms with Gasteiger partial charge in [0.05, 0.1) is 0 Å². The third kappa shape index (κ3) is 1.62. The van der Waals surface area contributed by atoms with Crippen LogP contribution in [0.5, 0.6) is 0 Å². The molecule has 1 saturated carbocycles. The van der Waals surface area contributed by atoms with Crippen molar-refractivity contribution in [1.29, 1.82) is 0 Å². The van der Waals surface area contributed by atoms with E-state index in [2.05, 4.69) is 97.1 Å². The van der Waals surface area contributed by atoms with Crippen molar-refractivity contribution in [2.24, 2.45) is 0 Å². The zero-order chi connectivity index (χ0) is 20.6. The van der Waals surface area contributed by atoms with Gasteiger partial charge in [-0.25, -0.2) is 0 Å². The summed E-state index contributed by atoms with van der Waals surface area (Å²) in [4.78, 5) is 0. The summed E-state index contributed by atoms with van der Waals surface area (Å²) in [7, 11) is 0. The first kappa shape index (κ1) is 16.1. The van der Waals surface area contributed by atoms with Crippen LogP contribution < -0.4 is 0 Å². The molecule has 0 unspecified atom stereocenters. The summed E-state index contributed by atoms with van der Waals surface area (Å²) < 4.78 is 0. The molecule has 0 heteroatoms. The molecule has 148 valence electrons. The van der Waals surface area contributed by atoms with E-state index in [0.29, 0.717) is 23.7 Å². The molecule has 9 rings (SSSR count). The maximum Gasteiger partial charge on any atom is -0.000511 e. The maximum atomic E-state index is 2.52. The Kier molecular flexibility index (Phi) is 2.62. The molecule has 0 radical (unpaired) electrons. The van der Waals surface area contributed by atoms with Gasteiger partial charge in [0.25, 0.3) is 0 Å². The highest BCUT2D eigenvalue weighted by atomic mass is 14.6. The van der Waals surface area contributed by atoms with Crippen molar-refractivity contribution in [1.82, 2.24) is 0 Å². The minimum absolute atomic E-state index is 0.602. The predicted octanol–water partition coefficient (Wildman–Crippen LogP) is 8.37. The minimum atomic E-state index is 0.602. The van der Waals surface area contributed by atoms with Gasteiger partial charge >= 0.3 is 0 Å². The lowest BCUT2D eigenvalue weighted by Gasteiger charge is -2.47. The van der Waals surface area contributed by atoms with E-state index in [9.17, 15) is 0 Å². The smallest absolute Gasteiger partial charge is 0.000511 e. The van der Waals surface area contributed by atoms with Crippen LogP contribution in [0.15, 0.2) is 97.1 Å². The van der Waals surface area contributed by atoms with Crippen LogP contribution >= 0.6 is 0 Å². The molecule has 32 heavy (non-hydrogen) atoms. The number of rotatable bonds is 0. The van der Waals surface area contributed by atoms with Gasteiger partial charge in [-0.2, -0.15) is 0 Å².